The molecule has 3 aromatic rings. The number of carbonyl (C=O) groups excluding carboxylic acids is 1. The van der Waals surface area contributed by atoms with E-state index in [0.29, 0.717) is 40.3 Å². The lowest BCUT2D eigenvalue weighted by Gasteiger charge is -2.15. The molecule has 3 aromatic carbocycles. The number of halogens is 1. The van der Waals surface area contributed by atoms with Crippen molar-refractivity contribution < 1.29 is 14.3 Å². The van der Waals surface area contributed by atoms with E-state index in [1.54, 1.807) is 24.3 Å². The highest BCUT2D eigenvalue weighted by Crippen LogP contribution is 2.38. The summed E-state index contributed by atoms with van der Waals surface area (Å²) in [4.78, 5) is 12.6. The maximum Gasteiger partial charge on any atom is 0.261 e. The van der Waals surface area contributed by atoms with Gasteiger partial charge in [-0.05, 0) is 71.1 Å². The van der Waals surface area contributed by atoms with Gasteiger partial charge in [-0.3, -0.25) is 4.79 Å². The Labute approximate surface area is 219 Å². The highest BCUT2D eigenvalue weighted by Gasteiger charge is 2.15. The zero-order valence-corrected chi connectivity index (χ0v) is 21.5. The summed E-state index contributed by atoms with van der Waals surface area (Å²) >= 11 is 3.52. The second-order valence-corrected chi connectivity index (χ2v) is 8.69. The summed E-state index contributed by atoms with van der Waals surface area (Å²) in [5.74, 6) is 0.520. The fourth-order valence-electron chi connectivity index (χ4n) is 3.53. The van der Waals surface area contributed by atoms with Crippen molar-refractivity contribution >= 4 is 27.9 Å². The smallest absolute Gasteiger partial charge is 0.261 e. The molecule has 0 bridgehead atoms. The summed E-state index contributed by atoms with van der Waals surface area (Å²) in [6, 6.07) is 24.9. The largest absolute Gasteiger partial charge is 0.490 e. The summed E-state index contributed by atoms with van der Waals surface area (Å²) in [6.45, 7) is 2.91. The molecule has 0 aliphatic rings. The van der Waals surface area contributed by atoms with Crippen molar-refractivity contribution in [1.82, 2.24) is 5.32 Å². The van der Waals surface area contributed by atoms with Crippen LogP contribution in [0.15, 0.2) is 76.8 Å². The van der Waals surface area contributed by atoms with Crippen LogP contribution in [-0.4, -0.2) is 19.1 Å². The standard InChI is InChI=1S/C29H26BrN3O3/c1-2-35-27-17-22(16-26(30)28(27)36-20-24-13-7-6-12-23(24)18-31)15-25(19-32)29(34)33-14-8-11-21-9-4-3-5-10-21/h3-7,9-10,12-13,15-17H,2,8,11,14,20H2,1H3,(H,33,34)/b25-15-. The van der Waals surface area contributed by atoms with Gasteiger partial charge in [-0.25, -0.2) is 0 Å². The Hall–Kier alpha value is -4.07. The number of amides is 1. The van der Waals surface area contributed by atoms with Crippen molar-refractivity contribution in [3.8, 4) is 23.6 Å². The Balaban J connectivity index is 1.71. The second kappa shape index (κ2) is 13.7. The molecule has 0 unspecified atom stereocenters. The van der Waals surface area contributed by atoms with Gasteiger partial charge in [0.25, 0.3) is 5.91 Å². The number of hydrogen-bond donors (Lipinski definition) is 1. The van der Waals surface area contributed by atoms with E-state index in [2.05, 4.69) is 27.3 Å². The van der Waals surface area contributed by atoms with Crippen LogP contribution >= 0.6 is 15.9 Å². The SMILES string of the molecule is CCOc1cc(/C=C(/C#N)C(=O)NCCCc2ccccc2)cc(Br)c1OCc1ccccc1C#N. The lowest BCUT2D eigenvalue weighted by molar-refractivity contribution is -0.117. The van der Waals surface area contributed by atoms with E-state index < -0.39 is 5.91 Å². The fourth-order valence-corrected chi connectivity index (χ4v) is 4.10. The molecule has 0 aliphatic carbocycles. The van der Waals surface area contributed by atoms with Gasteiger partial charge in [0, 0.05) is 12.1 Å². The van der Waals surface area contributed by atoms with Gasteiger partial charge in [0.05, 0.1) is 22.7 Å². The molecule has 0 heterocycles. The quantitative estimate of drug-likeness (QED) is 0.183. The highest BCUT2D eigenvalue weighted by atomic mass is 79.9. The number of rotatable bonds is 11. The zero-order chi connectivity index (χ0) is 25.8. The first-order chi connectivity index (χ1) is 17.5. The van der Waals surface area contributed by atoms with E-state index in [1.807, 2.05) is 55.5 Å². The first-order valence-electron chi connectivity index (χ1n) is 11.6. The normalized spacial score (nSPS) is 10.7. The third kappa shape index (κ3) is 7.46. The summed E-state index contributed by atoms with van der Waals surface area (Å²) in [5.41, 5.74) is 3.12. The molecule has 0 saturated heterocycles. The van der Waals surface area contributed by atoms with Crippen LogP contribution < -0.4 is 14.8 Å². The Morgan fingerprint density at radius 1 is 1.06 bits per heavy atom. The number of hydrogen-bond acceptors (Lipinski definition) is 5. The van der Waals surface area contributed by atoms with Crippen molar-refractivity contribution in [1.29, 1.82) is 10.5 Å². The van der Waals surface area contributed by atoms with Gasteiger partial charge in [0.1, 0.15) is 18.2 Å². The number of benzene rings is 3. The Kier molecular flexibility index (Phi) is 10.1. The molecule has 0 radical (unpaired) electrons. The van der Waals surface area contributed by atoms with E-state index in [9.17, 15) is 15.3 Å². The molecule has 0 atom stereocenters. The Morgan fingerprint density at radius 2 is 1.81 bits per heavy atom. The number of ether oxygens (including phenoxy) is 2. The van der Waals surface area contributed by atoms with Gasteiger partial charge in [0.2, 0.25) is 0 Å². The van der Waals surface area contributed by atoms with Crippen LogP contribution in [0.5, 0.6) is 11.5 Å². The van der Waals surface area contributed by atoms with Gasteiger partial charge in [0.15, 0.2) is 11.5 Å². The van der Waals surface area contributed by atoms with Gasteiger partial charge in [-0.15, -0.1) is 0 Å². The summed E-state index contributed by atoms with van der Waals surface area (Å²) < 4.78 is 12.4. The van der Waals surface area contributed by atoms with Crippen LogP contribution in [0.1, 0.15) is 35.6 Å². The van der Waals surface area contributed by atoms with E-state index >= 15 is 0 Å². The van der Waals surface area contributed by atoms with Gasteiger partial charge in [-0.2, -0.15) is 10.5 Å². The molecule has 0 fully saturated rings. The Bertz CT molecular complexity index is 1310. The van der Waals surface area contributed by atoms with E-state index in [1.165, 1.54) is 11.6 Å². The molecule has 7 heteroatoms. The summed E-state index contributed by atoms with van der Waals surface area (Å²) in [5, 5.41) is 21.7. The minimum Gasteiger partial charge on any atom is -0.490 e. The predicted octanol–water partition coefficient (Wildman–Crippen LogP) is 5.95. The number of carbonyl (C=O) groups is 1. The van der Waals surface area contributed by atoms with Crippen molar-refractivity contribution in [3.05, 3.63) is 99.0 Å². The Morgan fingerprint density at radius 3 is 2.53 bits per heavy atom. The van der Waals surface area contributed by atoms with Crippen LogP contribution in [0.3, 0.4) is 0 Å². The van der Waals surface area contributed by atoms with E-state index in [-0.39, 0.29) is 12.2 Å². The van der Waals surface area contributed by atoms with E-state index in [0.717, 1.165) is 18.4 Å². The zero-order valence-electron chi connectivity index (χ0n) is 20.0. The molecule has 6 nitrogen and oxygen atoms in total. The molecule has 0 saturated carbocycles. The van der Waals surface area contributed by atoms with Gasteiger partial charge in [-0.1, -0.05) is 48.5 Å². The number of nitrogens with one attached hydrogen (secondary N) is 1. The summed E-state index contributed by atoms with van der Waals surface area (Å²) in [6.07, 6.45) is 3.14. The molecule has 0 aliphatic heterocycles. The average Bonchev–Trinajstić information content (AvgIpc) is 2.90. The maximum atomic E-state index is 12.6. The molecule has 0 aromatic heterocycles. The van der Waals surface area contributed by atoms with Crippen molar-refractivity contribution in [2.75, 3.05) is 13.2 Å². The number of aryl methyl sites for hydroxylation is 1. The first kappa shape index (κ1) is 26.5. The molecular weight excluding hydrogens is 518 g/mol. The van der Waals surface area contributed by atoms with Crippen molar-refractivity contribution in [3.63, 3.8) is 0 Å². The lowest BCUT2D eigenvalue weighted by atomic mass is 10.1. The summed E-state index contributed by atoms with van der Waals surface area (Å²) in [7, 11) is 0. The topological polar surface area (TPSA) is 95.1 Å². The first-order valence-corrected chi connectivity index (χ1v) is 12.4. The molecule has 1 N–H and O–H groups in total. The van der Waals surface area contributed by atoms with Crippen LogP contribution in [0, 0.1) is 22.7 Å². The lowest BCUT2D eigenvalue weighted by Crippen LogP contribution is -2.25. The van der Waals surface area contributed by atoms with Crippen LogP contribution in [0.25, 0.3) is 6.08 Å². The minimum absolute atomic E-state index is 0.000625. The molecule has 1 amide bonds. The van der Waals surface area contributed by atoms with Crippen LogP contribution in [-0.2, 0) is 17.8 Å². The van der Waals surface area contributed by atoms with Gasteiger partial charge >= 0.3 is 0 Å². The molecule has 182 valence electrons. The molecular formula is C29H26BrN3O3. The highest BCUT2D eigenvalue weighted by molar-refractivity contribution is 9.10. The predicted molar refractivity (Wildman–Crippen MR) is 142 cm³/mol. The van der Waals surface area contributed by atoms with E-state index in [4.69, 9.17) is 9.47 Å². The number of nitriles is 2. The molecule has 0 spiro atoms. The second-order valence-electron chi connectivity index (χ2n) is 7.84. The minimum atomic E-state index is -0.423. The third-order valence-corrected chi connectivity index (χ3v) is 5.88. The molecule has 3 rings (SSSR count). The van der Waals surface area contributed by atoms with Crippen molar-refractivity contribution in [2.24, 2.45) is 0 Å². The third-order valence-electron chi connectivity index (χ3n) is 5.29. The monoisotopic (exact) mass is 543 g/mol. The van der Waals surface area contributed by atoms with Crippen LogP contribution in [0.2, 0.25) is 0 Å². The molecule has 36 heavy (non-hydrogen) atoms. The van der Waals surface area contributed by atoms with Gasteiger partial charge < -0.3 is 14.8 Å². The van der Waals surface area contributed by atoms with Crippen LogP contribution in [0.4, 0.5) is 0 Å². The fraction of sp³-hybridized carbons (Fsp3) is 0.207. The average molecular weight is 544 g/mol. The maximum absolute atomic E-state index is 12.6. The number of nitrogens with zero attached hydrogens (tertiary/aromatic N) is 2. The van der Waals surface area contributed by atoms with Crippen molar-refractivity contribution in [2.45, 2.75) is 26.4 Å².